The lowest BCUT2D eigenvalue weighted by molar-refractivity contribution is 0.0600. The van der Waals surface area contributed by atoms with Gasteiger partial charge in [0.15, 0.2) is 0 Å². The zero-order chi connectivity index (χ0) is 15.4. The summed E-state index contributed by atoms with van der Waals surface area (Å²) < 4.78 is 5.47. The fourth-order valence-corrected chi connectivity index (χ4v) is 2.50. The summed E-state index contributed by atoms with van der Waals surface area (Å²) in [6.07, 6.45) is 0. The molecule has 0 aliphatic rings. The zero-order valence-electron chi connectivity index (χ0n) is 11.0. The molecule has 0 aliphatic heterocycles. The minimum Gasteiger partial charge on any atom is -0.465 e. The van der Waals surface area contributed by atoms with E-state index in [9.17, 15) is 9.59 Å². The first-order valence-corrected chi connectivity index (χ1v) is 7.42. The number of esters is 1. The number of carbonyl (C=O) groups excluding carboxylic acids is 2. The van der Waals surface area contributed by atoms with E-state index in [2.05, 4.69) is 32.6 Å². The molecule has 0 spiro atoms. The molecule has 0 saturated heterocycles. The molecule has 108 valence electrons. The van der Waals surface area contributed by atoms with Gasteiger partial charge in [0, 0.05) is 3.57 Å². The summed E-state index contributed by atoms with van der Waals surface area (Å²) >= 11 is 8.13. The minimum absolute atomic E-state index is 0.288. The van der Waals surface area contributed by atoms with E-state index in [1.54, 1.807) is 18.2 Å². The summed E-state index contributed by atoms with van der Waals surface area (Å²) in [5, 5.41) is 3.05. The van der Waals surface area contributed by atoms with Gasteiger partial charge in [-0.25, -0.2) is 4.79 Å². The Kier molecular flexibility index (Phi) is 5.19. The fraction of sp³-hybridized carbons (Fsp3) is 0.0667. The van der Waals surface area contributed by atoms with Gasteiger partial charge in [-0.15, -0.1) is 0 Å². The monoisotopic (exact) mass is 415 g/mol. The highest BCUT2D eigenvalue weighted by Gasteiger charge is 2.13. The Morgan fingerprint density at radius 2 is 1.90 bits per heavy atom. The lowest BCUT2D eigenvalue weighted by Gasteiger charge is -2.10. The van der Waals surface area contributed by atoms with Crippen molar-refractivity contribution in [1.82, 2.24) is 0 Å². The van der Waals surface area contributed by atoms with Crippen molar-refractivity contribution in [2.24, 2.45) is 0 Å². The Hall–Kier alpha value is -1.60. The minimum atomic E-state index is -0.489. The lowest BCUT2D eigenvalue weighted by Crippen LogP contribution is -2.14. The summed E-state index contributed by atoms with van der Waals surface area (Å²) in [5.74, 6) is -0.777. The van der Waals surface area contributed by atoms with Crippen molar-refractivity contribution < 1.29 is 14.3 Å². The van der Waals surface area contributed by atoms with Crippen LogP contribution >= 0.6 is 34.2 Å². The molecule has 1 amide bonds. The van der Waals surface area contributed by atoms with Crippen LogP contribution in [0.4, 0.5) is 5.69 Å². The molecule has 2 aromatic rings. The van der Waals surface area contributed by atoms with Crippen LogP contribution in [0.3, 0.4) is 0 Å². The van der Waals surface area contributed by atoms with Crippen LogP contribution in [0, 0.1) is 3.57 Å². The molecule has 0 radical (unpaired) electrons. The highest BCUT2D eigenvalue weighted by Crippen LogP contribution is 2.24. The van der Waals surface area contributed by atoms with E-state index in [4.69, 9.17) is 11.6 Å². The number of nitrogens with one attached hydrogen (secondary N) is 1. The van der Waals surface area contributed by atoms with E-state index in [-0.39, 0.29) is 5.91 Å². The topological polar surface area (TPSA) is 55.4 Å². The Bertz CT molecular complexity index is 703. The number of ether oxygens (including phenoxy) is 1. The first-order valence-electron chi connectivity index (χ1n) is 5.96. The molecule has 0 bridgehead atoms. The first-order chi connectivity index (χ1) is 10.0. The van der Waals surface area contributed by atoms with Crippen LogP contribution in [0.2, 0.25) is 5.02 Å². The van der Waals surface area contributed by atoms with Gasteiger partial charge < -0.3 is 10.1 Å². The zero-order valence-corrected chi connectivity index (χ0v) is 13.9. The smallest absolute Gasteiger partial charge is 0.337 e. The number of hydrogen-bond donors (Lipinski definition) is 1. The molecule has 0 fully saturated rings. The molecule has 0 atom stereocenters. The highest BCUT2D eigenvalue weighted by atomic mass is 127. The number of carbonyl (C=O) groups is 2. The van der Waals surface area contributed by atoms with Crippen LogP contribution in [0.25, 0.3) is 0 Å². The van der Waals surface area contributed by atoms with Gasteiger partial charge >= 0.3 is 5.97 Å². The van der Waals surface area contributed by atoms with Crippen molar-refractivity contribution in [2.75, 3.05) is 12.4 Å². The van der Waals surface area contributed by atoms with Gasteiger partial charge in [0.25, 0.3) is 5.91 Å². The SMILES string of the molecule is COC(=O)c1ccc(Cl)c(NC(=O)c2ccccc2I)c1. The van der Waals surface area contributed by atoms with Gasteiger partial charge in [0.05, 0.1) is 28.9 Å². The molecule has 6 heteroatoms. The van der Waals surface area contributed by atoms with Crippen molar-refractivity contribution >= 4 is 51.8 Å². The van der Waals surface area contributed by atoms with Gasteiger partial charge in [-0.2, -0.15) is 0 Å². The number of hydrogen-bond acceptors (Lipinski definition) is 3. The van der Waals surface area contributed by atoms with Crippen LogP contribution < -0.4 is 5.32 Å². The van der Waals surface area contributed by atoms with Gasteiger partial charge in [-0.05, 0) is 52.9 Å². The Morgan fingerprint density at radius 1 is 1.19 bits per heavy atom. The lowest BCUT2D eigenvalue weighted by atomic mass is 10.1. The number of methoxy groups -OCH3 is 1. The van der Waals surface area contributed by atoms with E-state index >= 15 is 0 Å². The molecule has 0 saturated carbocycles. The van der Waals surface area contributed by atoms with Crippen LogP contribution in [-0.4, -0.2) is 19.0 Å². The number of benzene rings is 2. The maximum absolute atomic E-state index is 12.2. The van der Waals surface area contributed by atoms with E-state index < -0.39 is 5.97 Å². The van der Waals surface area contributed by atoms with Gasteiger partial charge in [-0.1, -0.05) is 23.7 Å². The summed E-state index contributed by atoms with van der Waals surface area (Å²) in [5.41, 5.74) is 1.22. The van der Waals surface area contributed by atoms with Crippen molar-refractivity contribution in [1.29, 1.82) is 0 Å². The quantitative estimate of drug-likeness (QED) is 0.609. The molecule has 2 aromatic carbocycles. The molecular formula is C15H11ClINO3. The third kappa shape index (κ3) is 3.74. The van der Waals surface area contributed by atoms with Crippen molar-refractivity contribution in [3.05, 3.63) is 62.2 Å². The summed E-state index contributed by atoms with van der Waals surface area (Å²) in [7, 11) is 1.29. The average molecular weight is 416 g/mol. The van der Waals surface area contributed by atoms with Crippen LogP contribution in [0.1, 0.15) is 20.7 Å². The number of anilines is 1. The van der Waals surface area contributed by atoms with Crippen LogP contribution in [0.15, 0.2) is 42.5 Å². The maximum atomic E-state index is 12.2. The molecule has 1 N–H and O–H groups in total. The predicted octanol–water partition coefficient (Wildman–Crippen LogP) is 3.98. The highest BCUT2D eigenvalue weighted by molar-refractivity contribution is 14.1. The molecule has 0 aromatic heterocycles. The number of rotatable bonds is 3. The summed E-state index contributed by atoms with van der Waals surface area (Å²) in [6.45, 7) is 0. The maximum Gasteiger partial charge on any atom is 0.337 e. The van der Waals surface area contributed by atoms with Gasteiger partial charge in [0.1, 0.15) is 0 Å². The molecule has 0 aliphatic carbocycles. The summed E-state index contributed by atoms with van der Waals surface area (Å²) in [4.78, 5) is 23.8. The molecule has 0 heterocycles. The van der Waals surface area contributed by atoms with Crippen molar-refractivity contribution in [2.45, 2.75) is 0 Å². The Balaban J connectivity index is 2.29. The average Bonchev–Trinajstić information content (AvgIpc) is 2.49. The van der Waals surface area contributed by atoms with E-state index in [0.29, 0.717) is 21.8 Å². The Labute approximate surface area is 140 Å². The second-order valence-corrected chi connectivity index (χ2v) is 5.69. The van der Waals surface area contributed by atoms with E-state index in [1.165, 1.54) is 19.2 Å². The van der Waals surface area contributed by atoms with Crippen LogP contribution in [0.5, 0.6) is 0 Å². The second kappa shape index (κ2) is 6.91. The van der Waals surface area contributed by atoms with Crippen molar-refractivity contribution in [3.8, 4) is 0 Å². The number of halogens is 2. The molecule has 0 unspecified atom stereocenters. The first kappa shape index (κ1) is 15.8. The van der Waals surface area contributed by atoms with Crippen molar-refractivity contribution in [3.63, 3.8) is 0 Å². The second-order valence-electron chi connectivity index (χ2n) is 4.12. The third-order valence-corrected chi connectivity index (χ3v) is 4.02. The molecule has 21 heavy (non-hydrogen) atoms. The molecule has 4 nitrogen and oxygen atoms in total. The molecule has 2 rings (SSSR count). The van der Waals surface area contributed by atoms with Gasteiger partial charge in [0.2, 0.25) is 0 Å². The van der Waals surface area contributed by atoms with E-state index in [1.807, 2.05) is 12.1 Å². The third-order valence-electron chi connectivity index (χ3n) is 2.75. The van der Waals surface area contributed by atoms with E-state index in [0.717, 1.165) is 3.57 Å². The largest absolute Gasteiger partial charge is 0.465 e. The normalized spacial score (nSPS) is 10.0. The Morgan fingerprint density at radius 3 is 2.57 bits per heavy atom. The fourth-order valence-electron chi connectivity index (χ4n) is 1.70. The van der Waals surface area contributed by atoms with Gasteiger partial charge in [-0.3, -0.25) is 4.79 Å². The number of amides is 1. The van der Waals surface area contributed by atoms with Crippen LogP contribution in [-0.2, 0) is 4.74 Å². The molecular weight excluding hydrogens is 405 g/mol. The standard InChI is InChI=1S/C15H11ClINO3/c1-21-15(20)9-6-7-11(16)13(8-9)18-14(19)10-4-2-3-5-12(10)17/h2-8H,1H3,(H,18,19). The summed E-state index contributed by atoms with van der Waals surface area (Å²) in [6, 6.07) is 11.8. The predicted molar refractivity (Wildman–Crippen MR) is 89.9 cm³/mol.